The zero-order chi connectivity index (χ0) is 19.6. The monoisotopic (exact) mass is 429 g/mol. The molecule has 27 heavy (non-hydrogen) atoms. The fraction of sp³-hybridized carbons (Fsp3) is 0.158. The lowest BCUT2D eigenvalue weighted by Crippen LogP contribution is -2.06. The topological polar surface area (TPSA) is 98.3 Å². The van der Waals surface area contributed by atoms with Crippen LogP contribution in [0.15, 0.2) is 53.0 Å². The maximum Gasteiger partial charge on any atom is 0.339 e. The minimum atomic E-state index is -1.11. The Morgan fingerprint density at radius 1 is 1.26 bits per heavy atom. The number of carboxylic acid groups (broad SMARTS) is 1. The molecule has 0 radical (unpaired) electrons. The van der Waals surface area contributed by atoms with Gasteiger partial charge in [-0.15, -0.1) is 0 Å². The highest BCUT2D eigenvalue weighted by molar-refractivity contribution is 9.10. The molecule has 0 amide bonds. The molecule has 0 saturated heterocycles. The summed E-state index contributed by atoms with van der Waals surface area (Å²) < 4.78 is 2.44. The van der Waals surface area contributed by atoms with E-state index in [4.69, 9.17) is 0 Å². The molecule has 1 aromatic heterocycles. The van der Waals surface area contributed by atoms with Crippen molar-refractivity contribution in [1.82, 2.24) is 9.78 Å². The van der Waals surface area contributed by atoms with Gasteiger partial charge >= 0.3 is 5.97 Å². The summed E-state index contributed by atoms with van der Waals surface area (Å²) in [5.74, 6) is -1.11. The zero-order valence-electron chi connectivity index (χ0n) is 14.4. The van der Waals surface area contributed by atoms with Gasteiger partial charge in [-0.2, -0.15) is 5.10 Å². The Morgan fingerprint density at radius 2 is 2.00 bits per heavy atom. The van der Waals surface area contributed by atoms with Crippen molar-refractivity contribution in [3.05, 3.63) is 74.4 Å². The van der Waals surface area contributed by atoms with Crippen molar-refractivity contribution in [3.8, 4) is 16.9 Å². The number of benzene rings is 2. The zero-order valence-corrected chi connectivity index (χ0v) is 16.0. The van der Waals surface area contributed by atoms with E-state index in [1.54, 1.807) is 10.7 Å². The van der Waals surface area contributed by atoms with E-state index < -0.39 is 10.9 Å². The van der Waals surface area contributed by atoms with Gasteiger partial charge in [0, 0.05) is 22.2 Å². The fourth-order valence-corrected chi connectivity index (χ4v) is 3.32. The number of aromatic nitrogens is 2. The van der Waals surface area contributed by atoms with Crippen LogP contribution in [-0.4, -0.2) is 25.8 Å². The van der Waals surface area contributed by atoms with Crippen LogP contribution >= 0.6 is 15.9 Å². The third-order valence-electron chi connectivity index (χ3n) is 4.06. The van der Waals surface area contributed by atoms with Crippen molar-refractivity contribution in [1.29, 1.82) is 0 Å². The van der Waals surface area contributed by atoms with Gasteiger partial charge in [-0.1, -0.05) is 47.5 Å². The van der Waals surface area contributed by atoms with Crippen LogP contribution in [0.25, 0.3) is 16.9 Å². The summed E-state index contributed by atoms with van der Waals surface area (Å²) in [6.07, 6.45) is 1.24. The molecular formula is C19H16BrN3O4. The quantitative estimate of drug-likeness (QED) is 0.445. The Bertz CT molecular complexity index is 1030. The molecule has 2 aromatic carbocycles. The predicted molar refractivity (Wildman–Crippen MR) is 104 cm³/mol. The summed E-state index contributed by atoms with van der Waals surface area (Å²) in [6, 6.07) is 13.2. The third-order valence-corrected chi connectivity index (χ3v) is 4.56. The molecule has 0 saturated carbocycles. The number of hydrogen-bond acceptors (Lipinski definition) is 4. The molecule has 0 fully saturated rings. The van der Waals surface area contributed by atoms with Crippen LogP contribution in [0.1, 0.15) is 29.4 Å². The standard InChI is InChI=1S/C19H16BrN3O4/c1-2-5-16-17(19(24)25)18(12-6-3-9-15(10-12)23(26)27)21-22(16)14-8-4-7-13(20)11-14/h3-4,6-11H,2,5H2,1H3,(H,24,25). The van der Waals surface area contributed by atoms with Gasteiger partial charge in [-0.3, -0.25) is 10.1 Å². The second kappa shape index (κ2) is 7.71. The maximum atomic E-state index is 12.0. The lowest BCUT2D eigenvalue weighted by molar-refractivity contribution is -0.384. The highest BCUT2D eigenvalue weighted by Gasteiger charge is 2.25. The van der Waals surface area contributed by atoms with Crippen molar-refractivity contribution >= 4 is 27.6 Å². The highest BCUT2D eigenvalue weighted by atomic mass is 79.9. The molecule has 0 aliphatic rings. The molecule has 7 nitrogen and oxygen atoms in total. The van der Waals surface area contributed by atoms with Crippen molar-refractivity contribution in [2.24, 2.45) is 0 Å². The largest absolute Gasteiger partial charge is 0.478 e. The number of carbonyl (C=O) groups is 1. The smallest absolute Gasteiger partial charge is 0.339 e. The number of carboxylic acids is 1. The van der Waals surface area contributed by atoms with E-state index in [1.165, 1.54) is 18.2 Å². The summed E-state index contributed by atoms with van der Waals surface area (Å²) in [7, 11) is 0. The number of rotatable bonds is 6. The number of aromatic carboxylic acids is 1. The SMILES string of the molecule is CCCc1c(C(=O)O)c(-c2cccc([N+](=O)[O-])c2)nn1-c1cccc(Br)c1. The van der Waals surface area contributed by atoms with Gasteiger partial charge in [-0.25, -0.2) is 9.48 Å². The molecule has 0 aliphatic carbocycles. The van der Waals surface area contributed by atoms with E-state index in [0.717, 1.165) is 10.9 Å². The summed E-state index contributed by atoms with van der Waals surface area (Å²) in [5, 5.41) is 25.5. The lowest BCUT2D eigenvalue weighted by Gasteiger charge is -2.07. The Balaban J connectivity index is 2.28. The van der Waals surface area contributed by atoms with Gasteiger partial charge in [0.2, 0.25) is 0 Å². The lowest BCUT2D eigenvalue weighted by atomic mass is 10.0. The van der Waals surface area contributed by atoms with Crippen LogP contribution in [0.2, 0.25) is 0 Å². The molecule has 1 heterocycles. The predicted octanol–water partition coefficient (Wildman–Crippen LogP) is 4.86. The maximum absolute atomic E-state index is 12.0. The highest BCUT2D eigenvalue weighted by Crippen LogP contribution is 2.31. The molecule has 0 atom stereocenters. The van der Waals surface area contributed by atoms with Crippen LogP contribution in [0.3, 0.4) is 0 Å². The molecule has 1 N–H and O–H groups in total. The first-order valence-electron chi connectivity index (χ1n) is 8.28. The molecule has 8 heteroatoms. The number of nitrogens with zero attached hydrogens (tertiary/aromatic N) is 3. The Labute approximate surface area is 163 Å². The Hall–Kier alpha value is -3.00. The van der Waals surface area contributed by atoms with Crippen molar-refractivity contribution in [3.63, 3.8) is 0 Å². The normalized spacial score (nSPS) is 10.7. The van der Waals surface area contributed by atoms with Crippen molar-refractivity contribution in [2.75, 3.05) is 0 Å². The van der Waals surface area contributed by atoms with E-state index in [2.05, 4.69) is 21.0 Å². The molecule has 3 aromatic rings. The number of halogens is 1. The number of non-ortho nitro benzene ring substituents is 1. The van der Waals surface area contributed by atoms with Crippen LogP contribution in [-0.2, 0) is 6.42 Å². The molecule has 0 aliphatic heterocycles. The van der Waals surface area contributed by atoms with E-state index in [1.807, 2.05) is 31.2 Å². The summed E-state index contributed by atoms with van der Waals surface area (Å²) in [5.41, 5.74) is 1.84. The molecule has 138 valence electrons. The van der Waals surface area contributed by atoms with Crippen molar-refractivity contribution < 1.29 is 14.8 Å². The first-order valence-corrected chi connectivity index (χ1v) is 9.07. The van der Waals surface area contributed by atoms with E-state index in [9.17, 15) is 20.0 Å². The molecule has 0 bridgehead atoms. The number of nitro groups is 1. The Kier molecular flexibility index (Phi) is 5.36. The van der Waals surface area contributed by atoms with E-state index in [-0.39, 0.29) is 16.9 Å². The molecule has 0 spiro atoms. The minimum absolute atomic E-state index is 0.0670. The summed E-state index contributed by atoms with van der Waals surface area (Å²) >= 11 is 3.42. The van der Waals surface area contributed by atoms with Gasteiger partial charge in [0.15, 0.2) is 0 Å². The van der Waals surface area contributed by atoms with E-state index in [0.29, 0.717) is 23.4 Å². The first kappa shape index (κ1) is 18.8. The van der Waals surface area contributed by atoms with E-state index >= 15 is 0 Å². The minimum Gasteiger partial charge on any atom is -0.478 e. The van der Waals surface area contributed by atoms with Crippen LogP contribution < -0.4 is 0 Å². The van der Waals surface area contributed by atoms with Gasteiger partial charge in [-0.05, 0) is 24.6 Å². The summed E-state index contributed by atoms with van der Waals surface area (Å²) in [4.78, 5) is 22.6. The van der Waals surface area contributed by atoms with Gasteiger partial charge < -0.3 is 5.11 Å². The average Bonchev–Trinajstić information content (AvgIpc) is 3.02. The van der Waals surface area contributed by atoms with Gasteiger partial charge in [0.05, 0.1) is 16.3 Å². The van der Waals surface area contributed by atoms with Crippen molar-refractivity contribution in [2.45, 2.75) is 19.8 Å². The first-order chi connectivity index (χ1) is 12.9. The van der Waals surface area contributed by atoms with Gasteiger partial charge in [0.1, 0.15) is 11.3 Å². The number of nitro benzene ring substituents is 1. The second-order valence-electron chi connectivity index (χ2n) is 5.92. The van der Waals surface area contributed by atoms with Crippen LogP contribution in [0, 0.1) is 10.1 Å². The molecular weight excluding hydrogens is 414 g/mol. The molecule has 3 rings (SSSR count). The Morgan fingerprint density at radius 3 is 2.63 bits per heavy atom. The molecule has 0 unspecified atom stereocenters. The summed E-state index contributed by atoms with van der Waals surface area (Å²) in [6.45, 7) is 1.96. The number of hydrogen-bond donors (Lipinski definition) is 1. The van der Waals surface area contributed by atoms with Gasteiger partial charge in [0.25, 0.3) is 5.69 Å². The third kappa shape index (κ3) is 3.75. The second-order valence-corrected chi connectivity index (χ2v) is 6.84. The van der Waals surface area contributed by atoms with Crippen LogP contribution in [0.5, 0.6) is 0 Å². The average molecular weight is 430 g/mol. The fourth-order valence-electron chi connectivity index (χ4n) is 2.94. The van der Waals surface area contributed by atoms with Crippen LogP contribution in [0.4, 0.5) is 5.69 Å².